The minimum absolute atomic E-state index is 0.147. The molecule has 0 N–H and O–H groups in total. The molecule has 0 saturated carbocycles. The van der Waals surface area contributed by atoms with Crippen LogP contribution in [0.15, 0.2) is 138 Å². The number of fused-ring (bicyclic) bond motifs is 16. The molecule has 0 saturated heterocycles. The number of furan rings is 1. The SMILES string of the molecule is Cc1ccc2c(c1)C1(c3ccc4c(oc5ccccc54)c3-c3n(-c4c(C)cc(-c5ccccc5)cc4C)c4ccccc4[n+]31)[n+]1cc([Si](C)(C)C)c(CC(C)(C)C)cc1-2. The lowest BCUT2D eigenvalue weighted by molar-refractivity contribution is -0.944. The Hall–Kier alpha value is -6.04. The predicted molar refractivity (Wildman–Crippen MR) is 246 cm³/mol. The highest BCUT2D eigenvalue weighted by Gasteiger charge is 2.67. The highest BCUT2D eigenvalue weighted by molar-refractivity contribution is 6.89. The van der Waals surface area contributed by atoms with Gasteiger partial charge in [0.15, 0.2) is 22.8 Å². The molecular weight excluding hydrogens is 735 g/mol. The Kier molecular flexibility index (Phi) is 7.49. The number of aromatic nitrogens is 3. The third kappa shape index (κ3) is 5.01. The Labute approximate surface area is 348 Å². The summed E-state index contributed by atoms with van der Waals surface area (Å²) < 4.78 is 15.0. The topological polar surface area (TPSA) is 25.8 Å². The lowest BCUT2D eigenvalue weighted by atomic mass is 9.87. The molecule has 6 aromatic carbocycles. The van der Waals surface area contributed by atoms with Crippen molar-refractivity contribution in [2.24, 2.45) is 5.41 Å². The maximum Gasteiger partial charge on any atom is 0.364 e. The monoisotopic (exact) mass is 785 g/mol. The Bertz CT molecular complexity index is 3220. The standard InChI is InChI=1S/C54H51N3OSi/c1-33-23-24-41-43(27-33)54(55-32-48(59(7,8)9)38(30-46(41)55)31-53(4,5)6)42-26-25-40-39-19-13-16-22-47(39)58-51(40)49(42)52-56(44-20-14-15-21-45(44)57(52)54)50-34(2)28-37(29-35(50)3)36-17-11-10-12-18-36/h10-30,32H,31H2,1-9H3/q+2. The molecule has 4 nitrogen and oxygen atoms in total. The van der Waals surface area contributed by atoms with Crippen LogP contribution in [0.4, 0.5) is 0 Å². The molecule has 11 rings (SSSR count). The highest BCUT2D eigenvalue weighted by Crippen LogP contribution is 2.53. The van der Waals surface area contributed by atoms with E-state index in [-0.39, 0.29) is 5.41 Å². The summed E-state index contributed by atoms with van der Waals surface area (Å²) in [6.45, 7) is 21.5. The Morgan fingerprint density at radius 3 is 2.15 bits per heavy atom. The maximum atomic E-state index is 7.10. The zero-order valence-corrected chi connectivity index (χ0v) is 36.7. The number of rotatable bonds is 4. The molecule has 0 amide bonds. The Morgan fingerprint density at radius 2 is 1.41 bits per heavy atom. The van der Waals surface area contributed by atoms with Gasteiger partial charge in [0.05, 0.1) is 24.8 Å². The molecule has 2 aliphatic rings. The summed E-state index contributed by atoms with van der Waals surface area (Å²) in [4.78, 5) is 0. The van der Waals surface area contributed by atoms with Crippen molar-refractivity contribution in [3.8, 4) is 39.5 Å². The summed E-state index contributed by atoms with van der Waals surface area (Å²) in [6, 6.07) is 47.5. The van der Waals surface area contributed by atoms with E-state index >= 15 is 0 Å². The molecule has 9 aromatic rings. The van der Waals surface area contributed by atoms with Crippen molar-refractivity contribution in [2.75, 3.05) is 0 Å². The zero-order chi connectivity index (χ0) is 40.7. The van der Waals surface area contributed by atoms with Gasteiger partial charge in [0.25, 0.3) is 0 Å². The van der Waals surface area contributed by atoms with E-state index in [4.69, 9.17) is 4.42 Å². The van der Waals surface area contributed by atoms with E-state index < -0.39 is 13.7 Å². The van der Waals surface area contributed by atoms with Gasteiger partial charge in [-0.1, -0.05) is 113 Å². The van der Waals surface area contributed by atoms with Gasteiger partial charge in [-0.3, -0.25) is 0 Å². The fraction of sp³-hybridized carbons (Fsp3) is 0.222. The second-order valence-electron chi connectivity index (χ2n) is 19.4. The number of hydrogen-bond acceptors (Lipinski definition) is 1. The number of para-hydroxylation sites is 3. The second-order valence-corrected chi connectivity index (χ2v) is 24.5. The molecular formula is C54H51N3OSi+2. The normalized spacial score (nSPS) is 15.7. The minimum atomic E-state index is -1.85. The van der Waals surface area contributed by atoms with Crippen LogP contribution in [0.2, 0.25) is 19.6 Å². The van der Waals surface area contributed by atoms with Gasteiger partial charge in [-0.25, -0.2) is 0 Å². The zero-order valence-electron chi connectivity index (χ0n) is 35.7. The van der Waals surface area contributed by atoms with E-state index in [0.717, 1.165) is 39.7 Å². The van der Waals surface area contributed by atoms with Gasteiger partial charge >= 0.3 is 11.5 Å². The van der Waals surface area contributed by atoms with Crippen molar-refractivity contribution in [1.82, 2.24) is 4.57 Å². The van der Waals surface area contributed by atoms with Crippen molar-refractivity contribution in [3.05, 3.63) is 167 Å². The van der Waals surface area contributed by atoms with E-state index in [9.17, 15) is 0 Å². The lowest BCUT2D eigenvalue weighted by Crippen LogP contribution is -2.72. The second kappa shape index (κ2) is 12.2. The van der Waals surface area contributed by atoms with E-state index in [1.54, 1.807) is 0 Å². The first-order chi connectivity index (χ1) is 28.3. The molecule has 5 heteroatoms. The van der Waals surface area contributed by atoms with Crippen molar-refractivity contribution < 1.29 is 13.6 Å². The fourth-order valence-electron chi connectivity index (χ4n) is 10.7. The van der Waals surface area contributed by atoms with Crippen LogP contribution in [-0.2, 0) is 12.1 Å². The van der Waals surface area contributed by atoms with Crippen LogP contribution in [0.3, 0.4) is 0 Å². The van der Waals surface area contributed by atoms with Crippen LogP contribution in [-0.4, -0.2) is 12.6 Å². The molecule has 0 fully saturated rings. The summed E-state index contributed by atoms with van der Waals surface area (Å²) in [7, 11) is -1.85. The summed E-state index contributed by atoms with van der Waals surface area (Å²) in [5, 5.41) is 3.81. The number of hydrogen-bond donors (Lipinski definition) is 0. The first-order valence-corrected chi connectivity index (χ1v) is 24.6. The van der Waals surface area contributed by atoms with E-state index in [1.807, 2.05) is 0 Å². The van der Waals surface area contributed by atoms with E-state index in [1.165, 1.54) is 77.7 Å². The van der Waals surface area contributed by atoms with Crippen molar-refractivity contribution in [3.63, 3.8) is 0 Å². The molecule has 5 heterocycles. The van der Waals surface area contributed by atoms with Crippen LogP contribution in [0.5, 0.6) is 0 Å². The average molecular weight is 786 g/mol. The van der Waals surface area contributed by atoms with Crippen molar-refractivity contribution >= 4 is 46.2 Å². The van der Waals surface area contributed by atoms with Gasteiger partial charge in [-0.05, 0) is 115 Å². The molecule has 3 aromatic heterocycles. The number of pyridine rings is 1. The number of imidazole rings is 1. The van der Waals surface area contributed by atoms with Crippen LogP contribution in [0.25, 0.3) is 72.4 Å². The first-order valence-electron chi connectivity index (χ1n) is 21.1. The van der Waals surface area contributed by atoms with Gasteiger partial charge in [-0.15, -0.1) is 9.13 Å². The van der Waals surface area contributed by atoms with Crippen molar-refractivity contribution in [1.29, 1.82) is 0 Å². The number of benzene rings is 6. The van der Waals surface area contributed by atoms with Crippen LogP contribution >= 0.6 is 0 Å². The van der Waals surface area contributed by atoms with Crippen LogP contribution < -0.4 is 14.3 Å². The van der Waals surface area contributed by atoms with Gasteiger partial charge in [0.1, 0.15) is 16.8 Å². The summed E-state index contributed by atoms with van der Waals surface area (Å²) in [5.41, 5.74) is 18.8. The Morgan fingerprint density at radius 1 is 0.695 bits per heavy atom. The molecule has 59 heavy (non-hydrogen) atoms. The molecule has 0 bridgehead atoms. The van der Waals surface area contributed by atoms with Gasteiger partial charge in [0.2, 0.25) is 5.69 Å². The third-order valence-electron chi connectivity index (χ3n) is 13.0. The molecule has 1 atom stereocenters. The first kappa shape index (κ1) is 36.1. The smallest absolute Gasteiger partial charge is 0.364 e. The predicted octanol–water partition coefficient (Wildman–Crippen LogP) is 12.1. The average Bonchev–Trinajstić information content (AvgIpc) is 3.90. The molecule has 0 radical (unpaired) electrons. The number of nitrogens with zero attached hydrogens (tertiary/aromatic N) is 3. The van der Waals surface area contributed by atoms with Gasteiger partial charge < -0.3 is 4.42 Å². The van der Waals surface area contributed by atoms with Crippen LogP contribution in [0, 0.1) is 26.2 Å². The molecule has 0 aliphatic carbocycles. The maximum absolute atomic E-state index is 7.10. The largest absolute Gasteiger partial charge is 0.455 e. The summed E-state index contributed by atoms with van der Waals surface area (Å²) in [6.07, 6.45) is 3.62. The Balaban J connectivity index is 1.35. The quantitative estimate of drug-likeness (QED) is 0.129. The minimum Gasteiger partial charge on any atom is -0.455 e. The lowest BCUT2D eigenvalue weighted by Gasteiger charge is -2.26. The molecule has 1 unspecified atom stereocenters. The number of aryl methyl sites for hydroxylation is 3. The van der Waals surface area contributed by atoms with Crippen molar-refractivity contribution in [2.45, 2.75) is 73.3 Å². The van der Waals surface area contributed by atoms with E-state index in [2.05, 4.69) is 208 Å². The van der Waals surface area contributed by atoms with Crippen LogP contribution in [0.1, 0.15) is 54.2 Å². The molecule has 2 aliphatic heterocycles. The van der Waals surface area contributed by atoms with Gasteiger partial charge in [0, 0.05) is 22.0 Å². The molecule has 290 valence electrons. The highest BCUT2D eigenvalue weighted by atomic mass is 28.3. The third-order valence-corrected chi connectivity index (χ3v) is 15.0. The fourth-order valence-corrected chi connectivity index (χ4v) is 12.4. The summed E-state index contributed by atoms with van der Waals surface area (Å²) >= 11 is 0. The van der Waals surface area contributed by atoms with Gasteiger partial charge in [-0.2, -0.15) is 4.57 Å². The summed E-state index contributed by atoms with van der Waals surface area (Å²) in [5.74, 6) is 1.14. The van der Waals surface area contributed by atoms with E-state index in [0.29, 0.717) is 0 Å². The molecule has 1 spiro atoms.